The molecule has 1 saturated heterocycles. The topological polar surface area (TPSA) is 76.5 Å². The quantitative estimate of drug-likeness (QED) is 0.411. The molecular weight excluding hydrogens is 512 g/mol. The first kappa shape index (κ1) is 23.3. The molecule has 2 aromatic carbocycles. The normalized spacial score (nSPS) is 19.6. The summed E-state index contributed by atoms with van der Waals surface area (Å²) in [6.45, 7) is 2.33. The minimum atomic E-state index is -1.05. The third kappa shape index (κ3) is 4.87. The third-order valence-corrected chi connectivity index (χ3v) is 9.25. The fraction of sp³-hybridized carbons (Fsp3) is 0.292. The number of carbonyl (C=O) groups excluding carboxylic acids is 1. The Hall–Kier alpha value is -1.91. The van der Waals surface area contributed by atoms with E-state index in [0.717, 1.165) is 22.9 Å². The van der Waals surface area contributed by atoms with E-state index in [1.807, 2.05) is 30.3 Å². The van der Waals surface area contributed by atoms with Crippen molar-refractivity contribution < 1.29 is 19.4 Å². The summed E-state index contributed by atoms with van der Waals surface area (Å²) in [7, 11) is 0. The number of fused-ring (bicyclic) bond motifs is 1. The number of hydrogen-bond donors (Lipinski definition) is 1. The van der Waals surface area contributed by atoms with Crippen LogP contribution in [0.15, 0.2) is 48.5 Å². The zero-order valence-corrected chi connectivity index (χ0v) is 20.7. The molecular formula is C24H21AsCl2NO4. The Labute approximate surface area is 202 Å². The fourth-order valence-electron chi connectivity index (χ4n) is 3.82. The van der Waals surface area contributed by atoms with Gasteiger partial charge in [-0.05, 0) is 0 Å². The first-order chi connectivity index (χ1) is 15.3. The summed E-state index contributed by atoms with van der Waals surface area (Å²) in [6.07, 6.45) is 1.79. The van der Waals surface area contributed by atoms with E-state index in [1.54, 1.807) is 25.1 Å². The van der Waals surface area contributed by atoms with Gasteiger partial charge in [0, 0.05) is 0 Å². The first-order valence-electron chi connectivity index (χ1n) is 10.2. The van der Waals surface area contributed by atoms with Crippen molar-refractivity contribution in [3.05, 3.63) is 64.1 Å². The summed E-state index contributed by atoms with van der Waals surface area (Å²) in [5.41, 5.74) is 2.14. The number of pyridine rings is 1. The second-order valence-corrected chi connectivity index (χ2v) is 11.5. The van der Waals surface area contributed by atoms with Crippen LogP contribution in [0.2, 0.25) is 14.8 Å². The number of ether oxygens (including phenoxy) is 1. The van der Waals surface area contributed by atoms with Crippen LogP contribution >= 0.6 is 23.2 Å². The Balaban J connectivity index is 1.56. The zero-order valence-electron chi connectivity index (χ0n) is 17.3. The summed E-state index contributed by atoms with van der Waals surface area (Å²) in [6, 6.07) is 14.7. The molecule has 2 atom stereocenters. The first-order valence-corrected chi connectivity index (χ1v) is 13.0. The Bertz CT molecular complexity index is 1170. The van der Waals surface area contributed by atoms with Crippen LogP contribution < -0.4 is 0 Å². The van der Waals surface area contributed by atoms with Crippen LogP contribution in [0.1, 0.15) is 25.3 Å². The van der Waals surface area contributed by atoms with Crippen LogP contribution in [0, 0.1) is 0 Å². The van der Waals surface area contributed by atoms with E-state index in [-0.39, 0.29) is 4.57 Å². The van der Waals surface area contributed by atoms with Gasteiger partial charge in [0.25, 0.3) is 0 Å². The number of rotatable bonds is 7. The van der Waals surface area contributed by atoms with Crippen molar-refractivity contribution in [1.82, 2.24) is 4.98 Å². The van der Waals surface area contributed by atoms with E-state index in [1.165, 1.54) is 0 Å². The van der Waals surface area contributed by atoms with Crippen LogP contribution in [0.25, 0.3) is 22.2 Å². The van der Waals surface area contributed by atoms with Crippen LogP contribution in [0.3, 0.4) is 0 Å². The summed E-state index contributed by atoms with van der Waals surface area (Å²) in [5, 5.41) is 11.7. The van der Waals surface area contributed by atoms with Crippen molar-refractivity contribution in [3.8, 4) is 11.3 Å². The molecule has 0 aliphatic carbocycles. The molecule has 8 heteroatoms. The number of nitrogens with zero attached hydrogens (tertiary/aromatic N) is 1. The number of halogens is 2. The number of carboxylic acid groups (broad SMARTS) is 1. The van der Waals surface area contributed by atoms with Crippen molar-refractivity contribution in [3.63, 3.8) is 0 Å². The van der Waals surface area contributed by atoms with Crippen LogP contribution in [-0.4, -0.2) is 48.6 Å². The van der Waals surface area contributed by atoms with Crippen molar-refractivity contribution in [2.45, 2.75) is 36.5 Å². The molecule has 165 valence electrons. The molecule has 0 amide bonds. The maximum atomic E-state index is 12.7. The molecule has 1 fully saturated rings. The summed E-state index contributed by atoms with van der Waals surface area (Å²) < 4.78 is 4.84. The molecule has 1 aliphatic heterocycles. The van der Waals surface area contributed by atoms with E-state index in [4.69, 9.17) is 27.9 Å². The molecule has 0 saturated carbocycles. The van der Waals surface area contributed by atoms with Gasteiger partial charge in [-0.3, -0.25) is 0 Å². The standard InChI is InChI=1S/C24H21AsCl2NO4/c1-24(10-3-11-32-24)23(31)25-16(22(29)30)13-14-6-8-19-15(12-14)7-9-20(28-19)21-17(26)4-2-5-18(21)27/h2,4-9,12,16H,3,10-11,13H2,1H3,(H,29,30)/t16-,24+/m0/s1. The zero-order chi connectivity index (χ0) is 22.9. The van der Waals surface area contributed by atoms with Crippen LogP contribution in [0.5, 0.6) is 0 Å². The number of carboxylic acids is 1. The fourth-order valence-corrected chi connectivity index (χ4v) is 6.81. The summed E-state index contributed by atoms with van der Waals surface area (Å²) in [5.74, 6) is -0.943. The van der Waals surface area contributed by atoms with Gasteiger partial charge >= 0.3 is 203 Å². The Morgan fingerprint density at radius 2 is 1.94 bits per heavy atom. The van der Waals surface area contributed by atoms with E-state index >= 15 is 0 Å². The molecule has 1 radical (unpaired) electrons. The van der Waals surface area contributed by atoms with Crippen molar-refractivity contribution >= 4 is 60.4 Å². The Morgan fingerprint density at radius 3 is 2.59 bits per heavy atom. The van der Waals surface area contributed by atoms with Gasteiger partial charge < -0.3 is 0 Å². The van der Waals surface area contributed by atoms with E-state index in [9.17, 15) is 14.7 Å². The third-order valence-electron chi connectivity index (χ3n) is 5.63. The van der Waals surface area contributed by atoms with Gasteiger partial charge in [-0.25, -0.2) is 0 Å². The average molecular weight is 533 g/mol. The second-order valence-electron chi connectivity index (χ2n) is 8.00. The molecule has 0 spiro atoms. The van der Waals surface area contributed by atoms with E-state index < -0.39 is 32.0 Å². The molecule has 32 heavy (non-hydrogen) atoms. The van der Waals surface area contributed by atoms with Crippen molar-refractivity contribution in [2.24, 2.45) is 0 Å². The van der Waals surface area contributed by atoms with Gasteiger partial charge in [0.15, 0.2) is 0 Å². The molecule has 1 aliphatic rings. The van der Waals surface area contributed by atoms with E-state index in [2.05, 4.69) is 4.98 Å². The Morgan fingerprint density at radius 1 is 1.19 bits per heavy atom. The molecule has 1 aromatic heterocycles. The van der Waals surface area contributed by atoms with Gasteiger partial charge in [-0.15, -0.1) is 0 Å². The number of hydrogen-bond acceptors (Lipinski definition) is 4. The minimum absolute atomic E-state index is 0.0534. The number of benzene rings is 2. The van der Waals surface area contributed by atoms with E-state index in [0.29, 0.717) is 40.8 Å². The number of aliphatic carboxylic acids is 1. The summed E-state index contributed by atoms with van der Waals surface area (Å²) >= 11 is 11.6. The van der Waals surface area contributed by atoms with Crippen molar-refractivity contribution in [2.75, 3.05) is 6.61 Å². The van der Waals surface area contributed by atoms with Crippen molar-refractivity contribution in [1.29, 1.82) is 0 Å². The molecule has 0 unspecified atom stereocenters. The van der Waals surface area contributed by atoms with Gasteiger partial charge in [0.2, 0.25) is 0 Å². The van der Waals surface area contributed by atoms with Crippen LogP contribution in [-0.2, 0) is 20.7 Å². The predicted molar refractivity (Wildman–Crippen MR) is 127 cm³/mol. The average Bonchev–Trinajstić information content (AvgIpc) is 3.21. The Kier molecular flexibility index (Phi) is 6.92. The maximum absolute atomic E-state index is 12.7. The van der Waals surface area contributed by atoms with Crippen LogP contribution in [0.4, 0.5) is 0 Å². The molecule has 3 aromatic rings. The monoisotopic (exact) mass is 532 g/mol. The molecule has 4 rings (SSSR count). The summed E-state index contributed by atoms with van der Waals surface area (Å²) in [4.78, 5) is 29.3. The molecule has 5 nitrogen and oxygen atoms in total. The molecule has 1 N–H and O–H groups in total. The molecule has 2 heterocycles. The molecule has 0 bridgehead atoms. The van der Waals surface area contributed by atoms with Gasteiger partial charge in [0.1, 0.15) is 0 Å². The van der Waals surface area contributed by atoms with Gasteiger partial charge in [0.05, 0.1) is 0 Å². The predicted octanol–water partition coefficient (Wildman–Crippen LogP) is 5.42. The number of aromatic nitrogens is 1. The second kappa shape index (κ2) is 9.52. The number of carbonyl (C=O) groups is 2. The van der Waals surface area contributed by atoms with Gasteiger partial charge in [-0.2, -0.15) is 0 Å². The van der Waals surface area contributed by atoms with Gasteiger partial charge in [-0.1, -0.05) is 0 Å². The SMILES string of the molecule is C[C@]1(C(=O)[As][C@@H](Cc2ccc3nc(-c4c(Cl)cccc4Cl)ccc3c2)C(=O)O)CCCO1.